The summed E-state index contributed by atoms with van der Waals surface area (Å²) < 4.78 is 11.8. The van der Waals surface area contributed by atoms with Crippen LogP contribution in [0.5, 0.6) is 0 Å². The maximum atomic E-state index is 6.25. The molecule has 0 spiro atoms. The van der Waals surface area contributed by atoms with Gasteiger partial charge in [-0.15, -0.1) is 0 Å². The maximum Gasteiger partial charge on any atom is 0.0880 e. The third-order valence-corrected chi connectivity index (χ3v) is 4.27. The first-order chi connectivity index (χ1) is 9.20. The fourth-order valence-corrected chi connectivity index (χ4v) is 3.38. The van der Waals surface area contributed by atoms with Crippen LogP contribution in [-0.4, -0.2) is 38.0 Å². The molecule has 0 aromatic rings. The number of hydrogen-bond acceptors (Lipinski definition) is 3. The van der Waals surface area contributed by atoms with Crippen LogP contribution < -0.4 is 5.32 Å². The molecule has 0 amide bonds. The minimum Gasteiger partial charge on any atom is -0.381 e. The lowest BCUT2D eigenvalue weighted by Gasteiger charge is -2.46. The lowest BCUT2D eigenvalue weighted by Crippen LogP contribution is -2.58. The predicted molar refractivity (Wildman–Crippen MR) is 80.6 cm³/mol. The van der Waals surface area contributed by atoms with Crippen molar-refractivity contribution in [1.29, 1.82) is 0 Å². The quantitative estimate of drug-likeness (QED) is 0.697. The van der Waals surface area contributed by atoms with E-state index in [9.17, 15) is 0 Å². The van der Waals surface area contributed by atoms with Crippen LogP contribution in [0.15, 0.2) is 0 Å². The van der Waals surface area contributed by atoms with Gasteiger partial charge in [-0.05, 0) is 32.2 Å². The molecular formula is C16H33NO2. The Hall–Kier alpha value is -0.120. The van der Waals surface area contributed by atoms with Crippen molar-refractivity contribution in [3.63, 3.8) is 0 Å². The van der Waals surface area contributed by atoms with Gasteiger partial charge in [-0.25, -0.2) is 0 Å². The second-order valence-electron chi connectivity index (χ2n) is 5.81. The van der Waals surface area contributed by atoms with E-state index in [1.54, 1.807) is 0 Å². The fourth-order valence-electron chi connectivity index (χ4n) is 3.38. The summed E-state index contributed by atoms with van der Waals surface area (Å²) >= 11 is 0. The lowest BCUT2D eigenvalue weighted by atomic mass is 9.78. The highest BCUT2D eigenvalue weighted by molar-refractivity contribution is 4.97. The molecule has 2 atom stereocenters. The third kappa shape index (κ3) is 4.73. The van der Waals surface area contributed by atoms with Gasteiger partial charge in [0.05, 0.1) is 5.60 Å². The Labute approximate surface area is 119 Å². The molecule has 1 rings (SSSR count). The van der Waals surface area contributed by atoms with E-state index in [0.717, 1.165) is 39.2 Å². The van der Waals surface area contributed by atoms with Gasteiger partial charge in [0.25, 0.3) is 0 Å². The lowest BCUT2D eigenvalue weighted by molar-refractivity contribution is -0.135. The topological polar surface area (TPSA) is 30.5 Å². The van der Waals surface area contributed by atoms with Crippen LogP contribution in [0.2, 0.25) is 0 Å². The summed E-state index contributed by atoms with van der Waals surface area (Å²) in [6, 6.07) is 0.455. The van der Waals surface area contributed by atoms with Crippen molar-refractivity contribution in [2.24, 2.45) is 5.92 Å². The average Bonchev–Trinajstić information content (AvgIpc) is 2.41. The number of nitrogens with one attached hydrogen (secondary N) is 1. The first kappa shape index (κ1) is 16.9. The zero-order valence-electron chi connectivity index (χ0n) is 13.3. The van der Waals surface area contributed by atoms with Crippen LogP contribution in [0.3, 0.4) is 0 Å². The molecule has 1 saturated heterocycles. The summed E-state index contributed by atoms with van der Waals surface area (Å²) in [6.07, 6.45) is 5.72. The highest BCUT2D eigenvalue weighted by Gasteiger charge is 2.43. The molecule has 0 aliphatic carbocycles. The van der Waals surface area contributed by atoms with E-state index in [1.807, 2.05) is 0 Å². The van der Waals surface area contributed by atoms with Crippen molar-refractivity contribution >= 4 is 0 Å². The van der Waals surface area contributed by atoms with E-state index in [2.05, 4.69) is 33.0 Å². The zero-order valence-corrected chi connectivity index (χ0v) is 13.3. The third-order valence-electron chi connectivity index (χ3n) is 4.27. The fraction of sp³-hybridized carbons (Fsp3) is 1.00. The van der Waals surface area contributed by atoms with Gasteiger partial charge in [0.2, 0.25) is 0 Å². The largest absolute Gasteiger partial charge is 0.381 e. The van der Waals surface area contributed by atoms with E-state index < -0.39 is 0 Å². The van der Waals surface area contributed by atoms with Crippen molar-refractivity contribution in [1.82, 2.24) is 5.32 Å². The summed E-state index contributed by atoms with van der Waals surface area (Å²) in [6.45, 7) is 12.5. The summed E-state index contributed by atoms with van der Waals surface area (Å²) in [5, 5.41) is 3.77. The molecule has 0 radical (unpaired) electrons. The van der Waals surface area contributed by atoms with Gasteiger partial charge in [0.1, 0.15) is 0 Å². The van der Waals surface area contributed by atoms with Crippen molar-refractivity contribution in [3.05, 3.63) is 0 Å². The zero-order chi connectivity index (χ0) is 14.1. The van der Waals surface area contributed by atoms with Crippen LogP contribution in [0.1, 0.15) is 59.8 Å². The second kappa shape index (κ2) is 8.93. The monoisotopic (exact) mass is 271 g/mol. The smallest absolute Gasteiger partial charge is 0.0880 e. The van der Waals surface area contributed by atoms with Crippen LogP contribution >= 0.6 is 0 Å². The van der Waals surface area contributed by atoms with E-state index in [4.69, 9.17) is 9.47 Å². The molecule has 0 bridgehead atoms. The molecule has 114 valence electrons. The van der Waals surface area contributed by atoms with Crippen LogP contribution in [0, 0.1) is 5.92 Å². The first-order valence-electron chi connectivity index (χ1n) is 8.15. The normalized spacial score (nSPS) is 22.1. The molecule has 2 unspecified atom stereocenters. The summed E-state index contributed by atoms with van der Waals surface area (Å²) in [5.41, 5.74) is -0.0171. The number of hydrogen-bond donors (Lipinski definition) is 1. The van der Waals surface area contributed by atoms with Crippen molar-refractivity contribution in [2.75, 3.05) is 26.4 Å². The number of ether oxygens (including phenoxy) is 2. The van der Waals surface area contributed by atoms with Crippen LogP contribution in [0.4, 0.5) is 0 Å². The predicted octanol–water partition coefficient (Wildman–Crippen LogP) is 3.38. The van der Waals surface area contributed by atoms with E-state index in [1.165, 1.54) is 19.3 Å². The molecule has 1 fully saturated rings. The molecule has 3 nitrogen and oxygen atoms in total. The Morgan fingerprint density at radius 3 is 2.37 bits per heavy atom. The van der Waals surface area contributed by atoms with Crippen LogP contribution in [-0.2, 0) is 9.47 Å². The maximum absolute atomic E-state index is 6.25. The summed E-state index contributed by atoms with van der Waals surface area (Å²) in [4.78, 5) is 0. The Kier molecular flexibility index (Phi) is 7.96. The van der Waals surface area contributed by atoms with E-state index >= 15 is 0 Å². The SMILES string of the molecule is CCCNC(C(C)CCC)C1(OCC)CCOCC1. The second-order valence-corrected chi connectivity index (χ2v) is 5.81. The molecule has 0 saturated carbocycles. The molecule has 1 aliphatic rings. The Morgan fingerprint density at radius 1 is 1.16 bits per heavy atom. The minimum absolute atomic E-state index is 0.0171. The standard InChI is InChI=1S/C16H33NO2/c1-5-8-14(4)15(17-11-6-2)16(19-7-3)9-12-18-13-10-16/h14-15,17H,5-13H2,1-4H3. The van der Waals surface area contributed by atoms with Gasteiger partial charge in [-0.1, -0.05) is 27.2 Å². The molecule has 3 heteroatoms. The Bertz CT molecular complexity index is 221. The Balaban J connectivity index is 2.81. The van der Waals surface area contributed by atoms with Gasteiger partial charge in [-0.3, -0.25) is 0 Å². The molecular weight excluding hydrogens is 238 g/mol. The molecule has 19 heavy (non-hydrogen) atoms. The van der Waals surface area contributed by atoms with E-state index in [-0.39, 0.29) is 5.60 Å². The van der Waals surface area contributed by atoms with Gasteiger partial charge in [0, 0.05) is 38.7 Å². The average molecular weight is 271 g/mol. The first-order valence-corrected chi connectivity index (χ1v) is 8.15. The molecule has 1 aliphatic heterocycles. The van der Waals surface area contributed by atoms with E-state index in [0.29, 0.717) is 12.0 Å². The van der Waals surface area contributed by atoms with Gasteiger partial charge in [0.15, 0.2) is 0 Å². The molecule has 0 aromatic carbocycles. The van der Waals surface area contributed by atoms with Crippen molar-refractivity contribution in [2.45, 2.75) is 71.4 Å². The highest BCUT2D eigenvalue weighted by atomic mass is 16.5. The highest BCUT2D eigenvalue weighted by Crippen LogP contribution is 2.34. The van der Waals surface area contributed by atoms with Crippen molar-refractivity contribution in [3.8, 4) is 0 Å². The van der Waals surface area contributed by atoms with Gasteiger partial charge < -0.3 is 14.8 Å². The molecule has 1 heterocycles. The molecule has 0 aromatic heterocycles. The summed E-state index contributed by atoms with van der Waals surface area (Å²) in [7, 11) is 0. The Morgan fingerprint density at radius 2 is 1.84 bits per heavy atom. The van der Waals surface area contributed by atoms with Crippen molar-refractivity contribution < 1.29 is 9.47 Å². The minimum atomic E-state index is -0.0171. The number of rotatable bonds is 9. The van der Waals surface area contributed by atoms with Gasteiger partial charge >= 0.3 is 0 Å². The van der Waals surface area contributed by atoms with Crippen LogP contribution in [0.25, 0.3) is 0 Å². The summed E-state index contributed by atoms with van der Waals surface area (Å²) in [5.74, 6) is 0.654. The molecule has 1 N–H and O–H groups in total. The van der Waals surface area contributed by atoms with Gasteiger partial charge in [-0.2, -0.15) is 0 Å².